The molecule has 1 heterocycles. The van der Waals surface area contributed by atoms with Crippen LogP contribution in [0.4, 0.5) is 0 Å². The van der Waals surface area contributed by atoms with E-state index in [1.54, 1.807) is 24.3 Å². The monoisotopic (exact) mass is 344 g/mol. The van der Waals surface area contributed by atoms with E-state index in [1.807, 2.05) is 30.3 Å². The molecule has 1 aliphatic rings. The van der Waals surface area contributed by atoms with Crippen LogP contribution in [0.5, 0.6) is 17.2 Å². The molecule has 5 nitrogen and oxygen atoms in total. The first-order valence-electron chi connectivity index (χ1n) is 7.45. The lowest BCUT2D eigenvalue weighted by Gasteiger charge is -2.09. The molecule has 0 radical (unpaired) electrons. The van der Waals surface area contributed by atoms with Gasteiger partial charge in [-0.05, 0) is 36.4 Å². The Morgan fingerprint density at radius 2 is 1.58 bits per heavy atom. The molecular weight excluding hydrogens is 328 g/mol. The van der Waals surface area contributed by atoms with Crippen LogP contribution in [0.15, 0.2) is 66.1 Å². The predicted octanol–water partition coefficient (Wildman–Crippen LogP) is 3.33. The topological polar surface area (TPSA) is 69.7 Å². The van der Waals surface area contributed by atoms with Crippen LogP contribution in [0.3, 0.4) is 0 Å². The number of allylic oxidation sites excluding steroid dienone is 1. The molecule has 0 N–H and O–H groups in total. The summed E-state index contributed by atoms with van der Waals surface area (Å²) in [4.78, 5) is 11.9. The van der Waals surface area contributed by atoms with Crippen molar-refractivity contribution in [2.24, 2.45) is 5.92 Å². The van der Waals surface area contributed by atoms with Crippen LogP contribution in [0.2, 0.25) is 0 Å². The fourth-order valence-corrected chi connectivity index (χ4v) is 3.75. The standard InChI is InChI=1S/C18H16O5S/c19-18(12-14-10-11-24(20,21)13-14)23-17-8-6-16(7-9-17)22-15-4-2-1-3-5-15/h1-11,14H,12-13H2. The molecule has 0 amide bonds. The van der Waals surface area contributed by atoms with Gasteiger partial charge in [0.2, 0.25) is 0 Å². The number of hydrogen-bond donors (Lipinski definition) is 0. The van der Waals surface area contributed by atoms with E-state index in [0.717, 1.165) is 11.2 Å². The van der Waals surface area contributed by atoms with Crippen LogP contribution in [0, 0.1) is 5.92 Å². The summed E-state index contributed by atoms with van der Waals surface area (Å²) in [6.07, 6.45) is 1.57. The second kappa shape index (κ2) is 6.88. The minimum absolute atomic E-state index is 0.0358. The zero-order valence-electron chi connectivity index (χ0n) is 12.8. The van der Waals surface area contributed by atoms with E-state index in [4.69, 9.17) is 9.47 Å². The number of esters is 1. The Balaban J connectivity index is 1.54. The maximum Gasteiger partial charge on any atom is 0.311 e. The predicted molar refractivity (Wildman–Crippen MR) is 89.6 cm³/mol. The summed E-state index contributed by atoms with van der Waals surface area (Å²) >= 11 is 0. The average molecular weight is 344 g/mol. The van der Waals surface area contributed by atoms with Gasteiger partial charge in [0.1, 0.15) is 17.2 Å². The molecule has 1 atom stereocenters. The van der Waals surface area contributed by atoms with Gasteiger partial charge in [0, 0.05) is 11.3 Å². The number of hydrogen-bond acceptors (Lipinski definition) is 5. The molecule has 0 bridgehead atoms. The van der Waals surface area contributed by atoms with Crippen molar-refractivity contribution in [3.05, 3.63) is 66.1 Å². The number of para-hydroxylation sites is 1. The minimum Gasteiger partial charge on any atom is -0.457 e. The Hall–Kier alpha value is -2.60. The van der Waals surface area contributed by atoms with Gasteiger partial charge in [-0.15, -0.1) is 0 Å². The van der Waals surface area contributed by atoms with Gasteiger partial charge in [-0.1, -0.05) is 24.3 Å². The lowest BCUT2D eigenvalue weighted by molar-refractivity contribution is -0.134. The van der Waals surface area contributed by atoms with Gasteiger partial charge in [-0.25, -0.2) is 8.42 Å². The lowest BCUT2D eigenvalue weighted by Crippen LogP contribution is -2.15. The molecule has 2 aromatic carbocycles. The van der Waals surface area contributed by atoms with E-state index in [2.05, 4.69) is 0 Å². The highest BCUT2D eigenvalue weighted by Crippen LogP contribution is 2.24. The largest absolute Gasteiger partial charge is 0.457 e. The molecule has 24 heavy (non-hydrogen) atoms. The molecule has 6 heteroatoms. The summed E-state index contributed by atoms with van der Waals surface area (Å²) in [5.74, 6) is 0.931. The molecule has 0 spiro atoms. The van der Waals surface area contributed by atoms with Crippen molar-refractivity contribution in [3.63, 3.8) is 0 Å². The first kappa shape index (κ1) is 16.3. The highest BCUT2D eigenvalue weighted by molar-refractivity contribution is 7.94. The third-order valence-corrected chi connectivity index (χ3v) is 4.93. The Bertz CT molecular complexity index is 839. The number of sulfone groups is 1. The molecule has 1 unspecified atom stereocenters. The summed E-state index contributed by atoms with van der Waals surface area (Å²) in [7, 11) is -3.15. The van der Waals surface area contributed by atoms with Crippen LogP contribution >= 0.6 is 0 Å². The average Bonchev–Trinajstić information content (AvgIpc) is 2.89. The molecule has 1 aliphatic heterocycles. The highest BCUT2D eigenvalue weighted by atomic mass is 32.2. The van der Waals surface area contributed by atoms with E-state index in [1.165, 1.54) is 6.08 Å². The Morgan fingerprint density at radius 3 is 2.21 bits per heavy atom. The van der Waals surface area contributed by atoms with Crippen molar-refractivity contribution in [1.82, 2.24) is 0 Å². The zero-order valence-corrected chi connectivity index (χ0v) is 13.6. The molecule has 2 aromatic rings. The quantitative estimate of drug-likeness (QED) is 0.615. The molecule has 0 aliphatic carbocycles. The van der Waals surface area contributed by atoms with E-state index in [-0.39, 0.29) is 18.1 Å². The van der Waals surface area contributed by atoms with Crippen molar-refractivity contribution in [3.8, 4) is 17.2 Å². The summed E-state index contributed by atoms with van der Waals surface area (Å²) in [5, 5.41) is 1.15. The fourth-order valence-electron chi connectivity index (χ4n) is 2.35. The smallest absolute Gasteiger partial charge is 0.311 e. The molecule has 0 saturated heterocycles. The molecule has 124 valence electrons. The van der Waals surface area contributed by atoms with Gasteiger partial charge in [0.05, 0.1) is 12.2 Å². The van der Waals surface area contributed by atoms with Crippen LogP contribution < -0.4 is 9.47 Å². The van der Waals surface area contributed by atoms with E-state index < -0.39 is 15.8 Å². The van der Waals surface area contributed by atoms with Gasteiger partial charge in [0.15, 0.2) is 9.84 Å². The van der Waals surface area contributed by atoms with Crippen LogP contribution in [0.25, 0.3) is 0 Å². The van der Waals surface area contributed by atoms with Crippen molar-refractivity contribution >= 4 is 15.8 Å². The third-order valence-electron chi connectivity index (χ3n) is 3.47. The van der Waals surface area contributed by atoms with Gasteiger partial charge in [0.25, 0.3) is 0 Å². The van der Waals surface area contributed by atoms with Gasteiger partial charge in [-0.2, -0.15) is 0 Å². The molecular formula is C18H16O5S. The number of rotatable bonds is 5. The van der Waals surface area contributed by atoms with Gasteiger partial charge >= 0.3 is 5.97 Å². The zero-order chi connectivity index (χ0) is 17.0. The van der Waals surface area contributed by atoms with Crippen molar-refractivity contribution < 1.29 is 22.7 Å². The summed E-state index contributed by atoms with van der Waals surface area (Å²) in [6.45, 7) is 0. The maximum absolute atomic E-state index is 11.9. The van der Waals surface area contributed by atoms with E-state index in [0.29, 0.717) is 11.5 Å². The van der Waals surface area contributed by atoms with Crippen molar-refractivity contribution in [2.75, 3.05) is 5.75 Å². The molecule has 3 rings (SSSR count). The summed E-state index contributed by atoms with van der Waals surface area (Å²) in [6, 6.07) is 16.0. The normalized spacial score (nSPS) is 18.2. The van der Waals surface area contributed by atoms with Crippen molar-refractivity contribution in [1.29, 1.82) is 0 Å². The Kier molecular flexibility index (Phi) is 4.66. The minimum atomic E-state index is -3.15. The fraction of sp³-hybridized carbons (Fsp3) is 0.167. The Labute approximate surface area is 140 Å². The molecule has 0 saturated carbocycles. The second-order valence-electron chi connectivity index (χ2n) is 5.48. The van der Waals surface area contributed by atoms with Gasteiger partial charge in [-0.3, -0.25) is 4.79 Å². The maximum atomic E-state index is 11.9. The highest BCUT2D eigenvalue weighted by Gasteiger charge is 2.24. The first-order chi connectivity index (χ1) is 11.5. The Morgan fingerprint density at radius 1 is 0.958 bits per heavy atom. The molecule has 0 fully saturated rings. The first-order valence-corrected chi connectivity index (χ1v) is 9.16. The number of carbonyl (C=O) groups is 1. The van der Waals surface area contributed by atoms with Crippen LogP contribution in [-0.4, -0.2) is 20.1 Å². The number of ether oxygens (including phenoxy) is 2. The van der Waals surface area contributed by atoms with Gasteiger partial charge < -0.3 is 9.47 Å². The number of carbonyl (C=O) groups excluding carboxylic acids is 1. The van der Waals surface area contributed by atoms with Crippen molar-refractivity contribution in [2.45, 2.75) is 6.42 Å². The third kappa shape index (κ3) is 4.45. The van der Waals surface area contributed by atoms with Crippen LogP contribution in [-0.2, 0) is 14.6 Å². The number of benzene rings is 2. The lowest BCUT2D eigenvalue weighted by atomic mass is 10.1. The van der Waals surface area contributed by atoms with Crippen LogP contribution in [0.1, 0.15) is 6.42 Å². The summed E-state index contributed by atoms with van der Waals surface area (Å²) in [5.41, 5.74) is 0. The summed E-state index contributed by atoms with van der Waals surface area (Å²) < 4.78 is 33.5. The van der Waals surface area contributed by atoms with E-state index >= 15 is 0 Å². The molecule has 0 aromatic heterocycles. The second-order valence-corrected chi connectivity index (χ2v) is 7.41. The SMILES string of the molecule is O=C(CC1C=CS(=O)(=O)C1)Oc1ccc(Oc2ccccc2)cc1. The van der Waals surface area contributed by atoms with E-state index in [9.17, 15) is 13.2 Å².